The zero-order chi connectivity index (χ0) is 27.3. The third-order valence-electron chi connectivity index (χ3n) is 6.36. The van der Waals surface area contributed by atoms with Gasteiger partial charge in [-0.2, -0.15) is 4.31 Å². The Balaban J connectivity index is 1.60. The lowest BCUT2D eigenvalue weighted by molar-refractivity contribution is 0.0624. The van der Waals surface area contributed by atoms with Gasteiger partial charge >= 0.3 is 0 Å². The molecule has 1 saturated heterocycles. The molecule has 2 heterocycles. The van der Waals surface area contributed by atoms with Crippen LogP contribution in [0.3, 0.4) is 0 Å². The van der Waals surface area contributed by atoms with Gasteiger partial charge in [-0.15, -0.1) is 0 Å². The first-order chi connectivity index (χ1) is 18.1. The SMILES string of the molecule is Cn1cnc(S(=O)(=O)N(CC2CCCO2)CC(O)C(Cc2ccccc2)NC(=O)c2ccc(F)cc2F)c1. The van der Waals surface area contributed by atoms with Crippen molar-refractivity contribution in [1.29, 1.82) is 0 Å². The Labute approximate surface area is 220 Å². The summed E-state index contributed by atoms with van der Waals surface area (Å²) in [4.78, 5) is 16.9. The first-order valence-corrected chi connectivity index (χ1v) is 13.6. The van der Waals surface area contributed by atoms with Gasteiger partial charge in [0.05, 0.1) is 30.1 Å². The maximum absolute atomic E-state index is 14.3. The number of carbonyl (C=O) groups is 1. The minimum Gasteiger partial charge on any atom is -0.390 e. The molecule has 9 nitrogen and oxygen atoms in total. The fourth-order valence-corrected chi connectivity index (χ4v) is 5.80. The second-order valence-corrected chi connectivity index (χ2v) is 11.2. The normalized spacial score (nSPS) is 17.4. The van der Waals surface area contributed by atoms with E-state index in [-0.39, 0.29) is 30.6 Å². The lowest BCUT2D eigenvalue weighted by atomic mass is 10.00. The molecule has 38 heavy (non-hydrogen) atoms. The van der Waals surface area contributed by atoms with Crippen molar-refractivity contribution in [2.45, 2.75) is 42.5 Å². The number of nitrogens with zero attached hydrogens (tertiary/aromatic N) is 3. The molecule has 3 atom stereocenters. The molecule has 1 aliphatic rings. The quantitative estimate of drug-likeness (QED) is 0.380. The van der Waals surface area contributed by atoms with Crippen molar-refractivity contribution in [1.82, 2.24) is 19.2 Å². The van der Waals surface area contributed by atoms with E-state index in [0.29, 0.717) is 19.1 Å². The predicted molar refractivity (Wildman–Crippen MR) is 135 cm³/mol. The minimum absolute atomic E-state index is 0.00540. The highest BCUT2D eigenvalue weighted by molar-refractivity contribution is 7.89. The van der Waals surface area contributed by atoms with Gasteiger partial charge in [-0.05, 0) is 37.0 Å². The van der Waals surface area contributed by atoms with Crippen molar-refractivity contribution in [3.8, 4) is 0 Å². The molecule has 0 bridgehead atoms. The number of nitrogens with one attached hydrogen (secondary N) is 1. The number of aromatic nitrogens is 2. The molecule has 3 unspecified atom stereocenters. The van der Waals surface area contributed by atoms with Gasteiger partial charge in [-0.3, -0.25) is 4.79 Å². The standard InChI is InChI=1S/C26H30F2N4O5S/c1-31-16-25(29-17-31)38(35,36)32(14-20-8-5-11-37-20)15-24(33)23(12-18-6-3-2-4-7-18)30-26(34)21-10-9-19(27)13-22(21)28/h2-4,6-7,9-10,13,16-17,20,23-24,33H,5,8,11-12,14-15H2,1H3,(H,30,34). The summed E-state index contributed by atoms with van der Waals surface area (Å²) in [6.45, 7) is 0.137. The van der Waals surface area contributed by atoms with E-state index in [1.807, 2.05) is 6.07 Å². The third-order valence-corrected chi connectivity index (χ3v) is 8.08. The first-order valence-electron chi connectivity index (χ1n) is 12.2. The van der Waals surface area contributed by atoms with Gasteiger partial charge < -0.3 is 19.7 Å². The van der Waals surface area contributed by atoms with Gasteiger partial charge in [0.1, 0.15) is 11.6 Å². The number of imidazole rings is 1. The molecular weight excluding hydrogens is 518 g/mol. The van der Waals surface area contributed by atoms with E-state index in [9.17, 15) is 27.1 Å². The average molecular weight is 549 g/mol. The van der Waals surface area contributed by atoms with E-state index in [1.54, 1.807) is 31.3 Å². The van der Waals surface area contributed by atoms with Crippen LogP contribution in [-0.2, 0) is 28.2 Å². The molecule has 1 aliphatic heterocycles. The predicted octanol–water partition coefficient (Wildman–Crippen LogP) is 2.27. The van der Waals surface area contributed by atoms with Crippen molar-refractivity contribution in [2.75, 3.05) is 19.7 Å². The van der Waals surface area contributed by atoms with Crippen molar-refractivity contribution in [2.24, 2.45) is 7.05 Å². The Hall–Kier alpha value is -3.19. The molecular formula is C26H30F2N4O5S. The topological polar surface area (TPSA) is 114 Å². The second-order valence-electron chi connectivity index (χ2n) is 9.30. The Morgan fingerprint density at radius 1 is 1.26 bits per heavy atom. The van der Waals surface area contributed by atoms with Gasteiger partial charge in [-0.1, -0.05) is 30.3 Å². The molecule has 0 saturated carbocycles. The van der Waals surface area contributed by atoms with E-state index in [1.165, 1.54) is 17.1 Å². The fraction of sp³-hybridized carbons (Fsp3) is 0.385. The highest BCUT2D eigenvalue weighted by Crippen LogP contribution is 2.21. The number of hydrogen-bond acceptors (Lipinski definition) is 6. The van der Waals surface area contributed by atoms with E-state index in [2.05, 4.69) is 10.3 Å². The van der Waals surface area contributed by atoms with E-state index >= 15 is 0 Å². The molecule has 2 N–H and O–H groups in total. The molecule has 0 radical (unpaired) electrons. The minimum atomic E-state index is -4.11. The third kappa shape index (κ3) is 6.81. The van der Waals surface area contributed by atoms with Gasteiger partial charge in [-0.25, -0.2) is 22.2 Å². The smallest absolute Gasteiger partial charge is 0.262 e. The van der Waals surface area contributed by atoms with Crippen LogP contribution in [0, 0.1) is 11.6 Å². The highest BCUT2D eigenvalue weighted by atomic mass is 32.2. The van der Waals surface area contributed by atoms with Crippen LogP contribution >= 0.6 is 0 Å². The molecule has 1 fully saturated rings. The Morgan fingerprint density at radius 3 is 2.66 bits per heavy atom. The zero-order valence-electron chi connectivity index (χ0n) is 20.8. The number of aliphatic hydroxyl groups is 1. The van der Waals surface area contributed by atoms with Crippen LogP contribution in [-0.4, -0.2) is 71.2 Å². The lowest BCUT2D eigenvalue weighted by Crippen LogP contribution is -2.51. The molecule has 0 spiro atoms. The molecule has 204 valence electrons. The molecule has 2 aromatic carbocycles. The molecule has 12 heteroatoms. The van der Waals surface area contributed by atoms with Gasteiger partial charge in [0, 0.05) is 39.0 Å². The summed E-state index contributed by atoms with van der Waals surface area (Å²) in [7, 11) is -2.47. The lowest BCUT2D eigenvalue weighted by Gasteiger charge is -2.30. The summed E-state index contributed by atoms with van der Waals surface area (Å²) >= 11 is 0. The zero-order valence-corrected chi connectivity index (χ0v) is 21.7. The Morgan fingerprint density at radius 2 is 2.03 bits per heavy atom. The number of halogens is 2. The largest absolute Gasteiger partial charge is 0.390 e. The molecule has 3 aromatic rings. The number of ether oxygens (including phenoxy) is 1. The maximum atomic E-state index is 14.3. The Kier molecular flexibility index (Phi) is 8.87. The summed E-state index contributed by atoms with van der Waals surface area (Å²) in [6.07, 6.45) is 2.58. The highest BCUT2D eigenvalue weighted by Gasteiger charge is 2.35. The monoisotopic (exact) mass is 548 g/mol. The van der Waals surface area contributed by atoms with Crippen molar-refractivity contribution in [3.63, 3.8) is 0 Å². The van der Waals surface area contributed by atoms with E-state index in [0.717, 1.165) is 28.4 Å². The first kappa shape index (κ1) is 27.8. The summed E-state index contributed by atoms with van der Waals surface area (Å²) < 4.78 is 62.9. The fourth-order valence-electron chi connectivity index (χ4n) is 4.35. The van der Waals surface area contributed by atoms with Crippen LogP contribution in [0.2, 0.25) is 0 Å². The number of carbonyl (C=O) groups excluding carboxylic acids is 1. The van der Waals surface area contributed by atoms with Crippen molar-refractivity contribution >= 4 is 15.9 Å². The van der Waals surface area contributed by atoms with Crippen LogP contribution in [0.25, 0.3) is 0 Å². The summed E-state index contributed by atoms with van der Waals surface area (Å²) in [5.41, 5.74) is 0.365. The van der Waals surface area contributed by atoms with E-state index in [4.69, 9.17) is 4.74 Å². The second kappa shape index (κ2) is 12.1. The number of amides is 1. The number of aryl methyl sites for hydroxylation is 1. The van der Waals surface area contributed by atoms with Crippen molar-refractivity contribution in [3.05, 3.63) is 83.8 Å². The van der Waals surface area contributed by atoms with Crippen LogP contribution in [0.15, 0.2) is 66.1 Å². The van der Waals surface area contributed by atoms with Gasteiger partial charge in [0.15, 0.2) is 5.03 Å². The summed E-state index contributed by atoms with van der Waals surface area (Å²) in [5, 5.41) is 13.7. The van der Waals surface area contributed by atoms with Crippen LogP contribution in [0.4, 0.5) is 8.78 Å². The van der Waals surface area contributed by atoms with Gasteiger partial charge in [0.2, 0.25) is 0 Å². The average Bonchev–Trinajstić information content (AvgIpc) is 3.56. The molecule has 1 amide bonds. The van der Waals surface area contributed by atoms with Crippen LogP contribution < -0.4 is 5.32 Å². The summed E-state index contributed by atoms with van der Waals surface area (Å²) in [5.74, 6) is -2.74. The number of rotatable bonds is 11. The molecule has 4 rings (SSSR count). The van der Waals surface area contributed by atoms with Gasteiger partial charge in [0.25, 0.3) is 15.9 Å². The number of aliphatic hydroxyl groups excluding tert-OH is 1. The number of benzene rings is 2. The Bertz CT molecular complexity index is 1350. The molecule has 0 aliphatic carbocycles. The number of hydrogen-bond donors (Lipinski definition) is 2. The van der Waals surface area contributed by atoms with Crippen LogP contribution in [0.5, 0.6) is 0 Å². The van der Waals surface area contributed by atoms with E-state index < -0.39 is 45.3 Å². The molecule has 1 aromatic heterocycles. The number of sulfonamides is 1. The maximum Gasteiger partial charge on any atom is 0.262 e. The van der Waals surface area contributed by atoms with Crippen molar-refractivity contribution < 1.29 is 31.8 Å². The summed E-state index contributed by atoms with van der Waals surface area (Å²) in [6, 6.07) is 10.5. The van der Waals surface area contributed by atoms with Crippen LogP contribution in [0.1, 0.15) is 28.8 Å².